The highest BCUT2D eigenvalue weighted by Gasteiger charge is 2.15. The zero-order chi connectivity index (χ0) is 21.3. The lowest BCUT2D eigenvalue weighted by atomic mass is 10.1. The first kappa shape index (κ1) is 20.0. The molecule has 0 radical (unpaired) electrons. The van der Waals surface area contributed by atoms with Crippen LogP contribution in [0.1, 0.15) is 17.5 Å². The smallest absolute Gasteiger partial charge is 0.262 e. The maximum Gasteiger partial charge on any atom is 0.262 e. The zero-order valence-corrected chi connectivity index (χ0v) is 18.0. The summed E-state index contributed by atoms with van der Waals surface area (Å²) in [5.74, 6) is -0.0325. The molecule has 0 bridgehead atoms. The van der Waals surface area contributed by atoms with E-state index in [-0.39, 0.29) is 17.9 Å². The number of benzene rings is 1. The van der Waals surface area contributed by atoms with Crippen molar-refractivity contribution in [1.82, 2.24) is 24.2 Å². The fraction of sp³-hybridized carbons (Fsp3) is 0.273. The van der Waals surface area contributed by atoms with Crippen LogP contribution in [0.5, 0.6) is 0 Å². The molecule has 0 saturated carbocycles. The lowest BCUT2D eigenvalue weighted by Crippen LogP contribution is -2.29. The number of amides is 1. The normalized spacial score (nSPS) is 11.2. The standard InChI is InChI=1S/C22H23N5O2S/c1-15-4-6-17(7-5-15)18-13-30-21-20(18)22(29)27(14-23-21)9-8-19(28)25(2)11-16-10-24-26(3)12-16/h4-7,10,12-14H,8-9,11H2,1-3H3. The SMILES string of the molecule is Cc1ccc(-c2csc3ncn(CCC(=O)N(C)Cc4cnn(C)c4)c(=O)c23)cc1. The van der Waals surface area contributed by atoms with Gasteiger partial charge in [-0.05, 0) is 12.5 Å². The van der Waals surface area contributed by atoms with Crippen LogP contribution in [0.4, 0.5) is 0 Å². The number of thiophene rings is 1. The summed E-state index contributed by atoms with van der Waals surface area (Å²) < 4.78 is 3.24. The summed E-state index contributed by atoms with van der Waals surface area (Å²) in [5, 5.41) is 6.71. The number of nitrogens with zero attached hydrogens (tertiary/aromatic N) is 5. The van der Waals surface area contributed by atoms with Crippen molar-refractivity contribution < 1.29 is 4.79 Å². The highest BCUT2D eigenvalue weighted by molar-refractivity contribution is 7.17. The summed E-state index contributed by atoms with van der Waals surface area (Å²) in [6.45, 7) is 2.81. The lowest BCUT2D eigenvalue weighted by molar-refractivity contribution is -0.130. The predicted octanol–water partition coefficient (Wildman–Crippen LogP) is 3.22. The van der Waals surface area contributed by atoms with E-state index < -0.39 is 0 Å². The molecule has 0 aliphatic carbocycles. The Morgan fingerprint density at radius 3 is 2.70 bits per heavy atom. The zero-order valence-electron chi connectivity index (χ0n) is 17.2. The van der Waals surface area contributed by atoms with Crippen molar-refractivity contribution >= 4 is 27.5 Å². The van der Waals surface area contributed by atoms with Gasteiger partial charge in [-0.1, -0.05) is 29.8 Å². The Balaban J connectivity index is 1.52. The summed E-state index contributed by atoms with van der Waals surface area (Å²) in [6, 6.07) is 8.10. The average Bonchev–Trinajstić information content (AvgIpc) is 3.34. The van der Waals surface area contributed by atoms with E-state index in [0.29, 0.717) is 23.3 Å². The molecule has 0 spiro atoms. The van der Waals surface area contributed by atoms with Gasteiger partial charge < -0.3 is 4.90 Å². The molecule has 0 N–H and O–H groups in total. The molecule has 0 atom stereocenters. The quantitative estimate of drug-likeness (QED) is 0.479. The number of carbonyl (C=O) groups excluding carboxylic acids is 1. The first-order valence-corrected chi connectivity index (χ1v) is 10.6. The van der Waals surface area contributed by atoms with E-state index in [4.69, 9.17) is 0 Å². The van der Waals surface area contributed by atoms with E-state index in [1.807, 2.05) is 49.8 Å². The van der Waals surface area contributed by atoms with E-state index in [1.54, 1.807) is 22.8 Å². The van der Waals surface area contributed by atoms with Crippen molar-refractivity contribution in [2.75, 3.05) is 7.05 Å². The van der Waals surface area contributed by atoms with Gasteiger partial charge >= 0.3 is 0 Å². The monoisotopic (exact) mass is 421 g/mol. The Kier molecular flexibility index (Phi) is 5.50. The van der Waals surface area contributed by atoms with Crippen LogP contribution in [0.25, 0.3) is 21.3 Å². The number of fused-ring (bicyclic) bond motifs is 1. The van der Waals surface area contributed by atoms with Gasteiger partial charge in [0.2, 0.25) is 5.91 Å². The summed E-state index contributed by atoms with van der Waals surface area (Å²) in [5.41, 5.74) is 3.91. The van der Waals surface area contributed by atoms with E-state index in [2.05, 4.69) is 10.1 Å². The van der Waals surface area contributed by atoms with Crippen LogP contribution in [0.2, 0.25) is 0 Å². The van der Waals surface area contributed by atoms with E-state index in [1.165, 1.54) is 27.8 Å². The maximum absolute atomic E-state index is 13.1. The molecule has 0 aliphatic rings. The second kappa shape index (κ2) is 8.23. The fourth-order valence-corrected chi connectivity index (χ4v) is 4.30. The van der Waals surface area contributed by atoms with Crippen molar-refractivity contribution in [3.8, 4) is 11.1 Å². The molecule has 0 saturated heterocycles. The van der Waals surface area contributed by atoms with Crippen LogP contribution in [0.3, 0.4) is 0 Å². The molecule has 154 valence electrons. The molecular weight excluding hydrogens is 398 g/mol. The Hall–Kier alpha value is -3.26. The fourth-order valence-electron chi connectivity index (χ4n) is 3.39. The minimum Gasteiger partial charge on any atom is -0.341 e. The van der Waals surface area contributed by atoms with Gasteiger partial charge in [-0.15, -0.1) is 11.3 Å². The van der Waals surface area contributed by atoms with E-state index >= 15 is 0 Å². The second-order valence-electron chi connectivity index (χ2n) is 7.46. The van der Waals surface area contributed by atoms with Gasteiger partial charge in [0.1, 0.15) is 4.83 Å². The third-order valence-electron chi connectivity index (χ3n) is 5.09. The molecule has 8 heteroatoms. The third-order valence-corrected chi connectivity index (χ3v) is 5.98. The third kappa shape index (κ3) is 4.04. The van der Waals surface area contributed by atoms with Crippen LogP contribution >= 0.6 is 11.3 Å². The Bertz CT molecular complexity index is 1250. The number of aromatic nitrogens is 4. The molecule has 4 aromatic rings. The van der Waals surface area contributed by atoms with E-state index in [0.717, 1.165) is 16.7 Å². The molecule has 1 aromatic carbocycles. The van der Waals surface area contributed by atoms with Crippen LogP contribution in [0.15, 0.2) is 53.2 Å². The second-order valence-corrected chi connectivity index (χ2v) is 8.32. The molecule has 3 aromatic heterocycles. The first-order valence-electron chi connectivity index (χ1n) is 9.67. The summed E-state index contributed by atoms with van der Waals surface area (Å²) in [6.07, 6.45) is 5.40. The number of hydrogen-bond donors (Lipinski definition) is 0. The highest BCUT2D eigenvalue weighted by atomic mass is 32.1. The highest BCUT2D eigenvalue weighted by Crippen LogP contribution is 2.30. The number of rotatable bonds is 6. The van der Waals surface area contributed by atoms with Crippen molar-refractivity contribution in [3.63, 3.8) is 0 Å². The molecule has 3 heterocycles. The topological polar surface area (TPSA) is 73.0 Å². The Morgan fingerprint density at radius 2 is 2.00 bits per heavy atom. The summed E-state index contributed by atoms with van der Waals surface area (Å²) in [4.78, 5) is 32.5. The number of hydrogen-bond acceptors (Lipinski definition) is 5. The van der Waals surface area contributed by atoms with Crippen LogP contribution in [-0.2, 0) is 24.9 Å². The molecule has 0 unspecified atom stereocenters. The first-order chi connectivity index (χ1) is 14.4. The predicted molar refractivity (Wildman–Crippen MR) is 118 cm³/mol. The molecular formula is C22H23N5O2S. The Morgan fingerprint density at radius 1 is 1.23 bits per heavy atom. The van der Waals surface area contributed by atoms with Gasteiger partial charge in [-0.3, -0.25) is 18.8 Å². The van der Waals surface area contributed by atoms with Gasteiger partial charge in [0.05, 0.1) is 17.9 Å². The minimum atomic E-state index is -0.112. The molecule has 1 amide bonds. The van der Waals surface area contributed by atoms with Gasteiger partial charge in [0.15, 0.2) is 0 Å². The molecule has 7 nitrogen and oxygen atoms in total. The van der Waals surface area contributed by atoms with Crippen molar-refractivity contribution in [2.24, 2.45) is 7.05 Å². The van der Waals surface area contributed by atoms with Gasteiger partial charge in [-0.2, -0.15) is 5.10 Å². The number of carbonyl (C=O) groups is 1. The van der Waals surface area contributed by atoms with Gasteiger partial charge in [-0.25, -0.2) is 4.98 Å². The summed E-state index contributed by atoms with van der Waals surface area (Å²) >= 11 is 1.46. The molecule has 30 heavy (non-hydrogen) atoms. The van der Waals surface area contributed by atoms with Crippen molar-refractivity contribution in [1.29, 1.82) is 0 Å². The average molecular weight is 422 g/mol. The molecule has 4 rings (SSSR count). The minimum absolute atomic E-state index is 0.0325. The van der Waals surface area contributed by atoms with Crippen LogP contribution in [0, 0.1) is 6.92 Å². The van der Waals surface area contributed by atoms with Crippen molar-refractivity contribution in [3.05, 3.63) is 69.8 Å². The Labute approximate surface area is 178 Å². The van der Waals surface area contributed by atoms with Gasteiger partial charge in [0, 0.05) is 56.3 Å². The maximum atomic E-state index is 13.1. The van der Waals surface area contributed by atoms with E-state index in [9.17, 15) is 9.59 Å². The largest absolute Gasteiger partial charge is 0.341 e. The lowest BCUT2D eigenvalue weighted by Gasteiger charge is -2.16. The van der Waals surface area contributed by atoms with Crippen LogP contribution < -0.4 is 5.56 Å². The molecule has 0 aliphatic heterocycles. The van der Waals surface area contributed by atoms with Crippen molar-refractivity contribution in [2.45, 2.75) is 26.4 Å². The number of aryl methyl sites for hydroxylation is 3. The van der Waals surface area contributed by atoms with Crippen LogP contribution in [-0.4, -0.2) is 37.2 Å². The molecule has 0 fully saturated rings. The van der Waals surface area contributed by atoms with Gasteiger partial charge in [0.25, 0.3) is 5.56 Å². The summed E-state index contributed by atoms with van der Waals surface area (Å²) in [7, 11) is 3.60.